The summed E-state index contributed by atoms with van der Waals surface area (Å²) in [5.41, 5.74) is 1.45. The number of benzene rings is 3. The minimum Gasteiger partial charge on any atom is -0.264 e. The van der Waals surface area contributed by atoms with E-state index in [-0.39, 0.29) is 29.2 Å². The number of aromatic nitrogens is 6. The molecule has 0 saturated heterocycles. The number of hydrogen-bond donors (Lipinski definition) is 0. The largest absolute Gasteiger partial charge is 0.417 e. The first-order chi connectivity index (χ1) is 19.3. The Hall–Kier alpha value is -5.06. The molecule has 0 atom stereocenters. The van der Waals surface area contributed by atoms with Crippen LogP contribution in [0.25, 0.3) is 45.2 Å². The van der Waals surface area contributed by atoms with Crippen molar-refractivity contribution in [1.29, 1.82) is 0 Å². The van der Waals surface area contributed by atoms with Gasteiger partial charge in [-0.25, -0.2) is 18.7 Å². The Balaban J connectivity index is 1.26. The summed E-state index contributed by atoms with van der Waals surface area (Å²) in [5, 5.41) is 12.4. The second-order valence-electron chi connectivity index (χ2n) is 8.92. The zero-order chi connectivity index (χ0) is 27.9. The van der Waals surface area contributed by atoms with Crippen LogP contribution < -0.4 is 0 Å². The molecule has 0 spiro atoms. The topological polar surface area (TPSA) is 69.4 Å². The number of imidazole rings is 1. The van der Waals surface area contributed by atoms with Gasteiger partial charge in [0.2, 0.25) is 0 Å². The van der Waals surface area contributed by atoms with Crippen molar-refractivity contribution in [2.75, 3.05) is 0 Å². The lowest BCUT2D eigenvalue weighted by Gasteiger charge is -2.14. The van der Waals surface area contributed by atoms with Crippen LogP contribution in [0.15, 0.2) is 91.3 Å². The van der Waals surface area contributed by atoms with Gasteiger partial charge in [-0.05, 0) is 41.5 Å². The maximum absolute atomic E-state index is 14.2. The average Bonchev–Trinajstić information content (AvgIpc) is 3.38. The van der Waals surface area contributed by atoms with Gasteiger partial charge in [-0.3, -0.25) is 4.68 Å². The second kappa shape index (κ2) is 9.92. The second-order valence-corrected chi connectivity index (χ2v) is 8.92. The molecule has 4 aromatic rings. The van der Waals surface area contributed by atoms with E-state index in [1.807, 2.05) is 0 Å². The Morgan fingerprint density at radius 3 is 2.25 bits per heavy atom. The van der Waals surface area contributed by atoms with Crippen LogP contribution in [0.1, 0.15) is 11.3 Å². The predicted octanol–water partition coefficient (Wildman–Crippen LogP) is 6.91. The lowest BCUT2D eigenvalue weighted by atomic mass is 9.97. The first-order valence-corrected chi connectivity index (χ1v) is 12.0. The van der Waals surface area contributed by atoms with E-state index in [2.05, 4.69) is 25.3 Å². The van der Waals surface area contributed by atoms with E-state index in [1.54, 1.807) is 48.7 Å². The molecular formula is C29H17F5N6. The minimum atomic E-state index is -4.59. The molecule has 2 aliphatic rings. The molecule has 0 N–H and O–H groups in total. The van der Waals surface area contributed by atoms with E-state index in [4.69, 9.17) is 0 Å². The molecule has 2 aliphatic heterocycles. The standard InChI is InChI=1S/C29H17F5N6/c30-23-8-4-7-21(27(23)31)28-36-25-14-35-40(16-26(25)37-28)15-19-10-12-24(39-38-19)20-11-9-18(13-22(20)29(32,33)34)17-5-2-1-3-6-17/h1-14,16H,15H2. The zero-order valence-electron chi connectivity index (χ0n) is 20.4. The van der Waals surface area contributed by atoms with Crippen molar-refractivity contribution in [3.05, 3.63) is 114 Å². The first kappa shape index (κ1) is 25.2. The van der Waals surface area contributed by atoms with Gasteiger partial charge in [-0.2, -0.15) is 28.5 Å². The van der Waals surface area contributed by atoms with Gasteiger partial charge in [0.1, 0.15) is 11.4 Å². The molecule has 6 rings (SSSR count). The monoisotopic (exact) mass is 544 g/mol. The van der Waals surface area contributed by atoms with Gasteiger partial charge >= 0.3 is 6.18 Å². The number of rotatable bonds is 5. The molecule has 11 heteroatoms. The molecule has 1 aromatic heterocycles. The Bertz CT molecular complexity index is 1780. The van der Waals surface area contributed by atoms with E-state index in [0.717, 1.165) is 12.1 Å². The first-order valence-electron chi connectivity index (χ1n) is 12.0. The lowest BCUT2D eigenvalue weighted by Crippen LogP contribution is -2.10. The molecule has 3 heterocycles. The van der Waals surface area contributed by atoms with Gasteiger partial charge in [-0.1, -0.05) is 48.5 Å². The molecule has 0 fully saturated rings. The molecule has 0 amide bonds. The SMILES string of the molecule is Fc1cccc(-c2nc3cnn(Cc4ccc(-c5ccc(-c6ccccc6)cc5C(F)(F)F)nn4)cc-3n2)c1F. The highest BCUT2D eigenvalue weighted by atomic mass is 19.4. The van der Waals surface area contributed by atoms with Crippen molar-refractivity contribution >= 4 is 0 Å². The van der Waals surface area contributed by atoms with E-state index in [1.165, 1.54) is 35.1 Å². The zero-order valence-corrected chi connectivity index (χ0v) is 20.4. The number of hydrogen-bond acceptors (Lipinski definition) is 5. The summed E-state index contributed by atoms with van der Waals surface area (Å²) in [6, 6.07) is 19.7. The summed E-state index contributed by atoms with van der Waals surface area (Å²) >= 11 is 0. The molecule has 0 bridgehead atoms. The van der Waals surface area contributed by atoms with Crippen molar-refractivity contribution in [3.63, 3.8) is 0 Å². The predicted molar refractivity (Wildman–Crippen MR) is 137 cm³/mol. The Morgan fingerprint density at radius 2 is 1.50 bits per heavy atom. The van der Waals surface area contributed by atoms with Gasteiger partial charge < -0.3 is 0 Å². The van der Waals surface area contributed by atoms with Gasteiger partial charge in [0.25, 0.3) is 0 Å². The number of fused-ring (bicyclic) bond motifs is 1. The minimum absolute atomic E-state index is 0.0226. The van der Waals surface area contributed by atoms with Crippen molar-refractivity contribution in [1.82, 2.24) is 29.9 Å². The quantitative estimate of drug-likeness (QED) is 0.221. The number of alkyl halides is 3. The van der Waals surface area contributed by atoms with E-state index >= 15 is 0 Å². The summed E-state index contributed by atoms with van der Waals surface area (Å²) in [7, 11) is 0. The summed E-state index contributed by atoms with van der Waals surface area (Å²) in [6.45, 7) is 0.138. The van der Waals surface area contributed by atoms with Crippen LogP contribution in [-0.2, 0) is 12.7 Å². The number of nitrogens with zero attached hydrogens (tertiary/aromatic N) is 6. The van der Waals surface area contributed by atoms with E-state index in [9.17, 15) is 22.0 Å². The molecular weight excluding hydrogens is 527 g/mol. The highest BCUT2D eigenvalue weighted by Gasteiger charge is 2.34. The molecule has 0 saturated carbocycles. The van der Waals surface area contributed by atoms with Gasteiger partial charge in [0.15, 0.2) is 17.5 Å². The number of halogens is 5. The van der Waals surface area contributed by atoms with Crippen LogP contribution in [-0.4, -0.2) is 29.9 Å². The van der Waals surface area contributed by atoms with Crippen LogP contribution in [0.3, 0.4) is 0 Å². The van der Waals surface area contributed by atoms with Crippen molar-refractivity contribution < 1.29 is 22.0 Å². The molecule has 0 unspecified atom stereocenters. The Kier molecular flexibility index (Phi) is 6.25. The third-order valence-corrected chi connectivity index (χ3v) is 6.26. The van der Waals surface area contributed by atoms with Crippen LogP contribution in [0, 0.1) is 11.6 Å². The van der Waals surface area contributed by atoms with Crippen LogP contribution in [0.5, 0.6) is 0 Å². The molecule has 198 valence electrons. The van der Waals surface area contributed by atoms with Crippen molar-refractivity contribution in [3.8, 4) is 45.2 Å². The summed E-state index contributed by atoms with van der Waals surface area (Å²) in [4.78, 5) is 8.50. The fourth-order valence-corrected chi connectivity index (χ4v) is 4.31. The Labute approximate surface area is 224 Å². The van der Waals surface area contributed by atoms with Crippen molar-refractivity contribution in [2.45, 2.75) is 12.7 Å². The summed E-state index contributed by atoms with van der Waals surface area (Å²) in [5.74, 6) is -2.03. The van der Waals surface area contributed by atoms with E-state index < -0.39 is 23.4 Å². The molecule has 6 nitrogen and oxygen atoms in total. The fraction of sp³-hybridized carbons (Fsp3) is 0.0690. The maximum atomic E-state index is 14.2. The van der Waals surface area contributed by atoms with E-state index in [0.29, 0.717) is 28.2 Å². The fourth-order valence-electron chi connectivity index (χ4n) is 4.31. The Morgan fingerprint density at radius 1 is 0.700 bits per heavy atom. The van der Waals surface area contributed by atoms with Crippen LogP contribution >= 0.6 is 0 Å². The highest BCUT2D eigenvalue weighted by Crippen LogP contribution is 2.39. The van der Waals surface area contributed by atoms with Crippen LogP contribution in [0.2, 0.25) is 0 Å². The molecule has 0 aliphatic carbocycles. The van der Waals surface area contributed by atoms with Gasteiger partial charge in [0.05, 0.1) is 41.5 Å². The van der Waals surface area contributed by atoms with Crippen molar-refractivity contribution in [2.24, 2.45) is 0 Å². The third-order valence-electron chi connectivity index (χ3n) is 6.26. The summed E-state index contributed by atoms with van der Waals surface area (Å²) in [6.07, 6.45) is -1.61. The molecule has 40 heavy (non-hydrogen) atoms. The highest BCUT2D eigenvalue weighted by molar-refractivity contribution is 5.72. The maximum Gasteiger partial charge on any atom is 0.417 e. The normalized spacial score (nSPS) is 11.7. The molecule has 0 radical (unpaired) electrons. The summed E-state index contributed by atoms with van der Waals surface area (Å²) < 4.78 is 71.2. The lowest BCUT2D eigenvalue weighted by molar-refractivity contribution is -0.137. The average molecular weight is 544 g/mol. The molecule has 3 aromatic carbocycles. The van der Waals surface area contributed by atoms with Crippen LogP contribution in [0.4, 0.5) is 22.0 Å². The van der Waals surface area contributed by atoms with Gasteiger partial charge in [0, 0.05) is 5.56 Å². The van der Waals surface area contributed by atoms with Gasteiger partial charge in [-0.15, -0.1) is 0 Å². The third kappa shape index (κ3) is 4.89. The smallest absolute Gasteiger partial charge is 0.264 e.